The number of likely N-dealkylation sites (tertiary alicyclic amines) is 1. The summed E-state index contributed by atoms with van der Waals surface area (Å²) in [5.41, 5.74) is 3.41. The molecular weight excluding hydrogens is 496 g/mol. The number of hydrogen-bond donors (Lipinski definition) is 0. The van der Waals surface area contributed by atoms with Crippen LogP contribution in [-0.2, 0) is 16.8 Å². The van der Waals surface area contributed by atoms with E-state index in [0.717, 1.165) is 66.3 Å². The lowest BCUT2D eigenvalue weighted by Gasteiger charge is -2.34. The maximum absolute atomic E-state index is 14.0. The van der Waals surface area contributed by atoms with Gasteiger partial charge >= 0.3 is 0 Å². The van der Waals surface area contributed by atoms with Crippen LogP contribution in [0.3, 0.4) is 0 Å². The van der Waals surface area contributed by atoms with Gasteiger partial charge in [-0.05, 0) is 94.4 Å². The van der Waals surface area contributed by atoms with Crippen molar-refractivity contribution < 1.29 is 9.53 Å². The third kappa shape index (κ3) is 6.88. The van der Waals surface area contributed by atoms with Gasteiger partial charge in [-0.3, -0.25) is 4.79 Å². The molecule has 0 unspecified atom stereocenters. The van der Waals surface area contributed by atoms with Crippen LogP contribution in [0.2, 0.25) is 0 Å². The molecule has 1 aromatic heterocycles. The topological polar surface area (TPSA) is 50.6 Å². The highest BCUT2D eigenvalue weighted by atomic mass is 16.5. The number of fused-ring (bicyclic) bond motifs is 1. The second-order valence-corrected chi connectivity index (χ2v) is 12.9. The molecule has 6 heteroatoms. The number of para-hydroxylation sites is 1. The van der Waals surface area contributed by atoms with Crippen molar-refractivity contribution in [2.24, 2.45) is 11.8 Å². The standard InChI is InChI=1S/C34H50N4O2/c1-25(2)23-37(24-26(3)4)33(39)34(5,6)27-16-17-29-30(22-27)38(21-13-20-36-18-11-8-12-19-36)32(35-29)28-14-9-10-15-31(28)40-7/h9-10,14-17,22,25-26H,8,11-13,18-21,23-24H2,1-7H3. The Labute approximate surface area is 241 Å². The predicted molar refractivity (Wildman–Crippen MR) is 166 cm³/mol. The molecule has 4 rings (SSSR count). The van der Waals surface area contributed by atoms with Crippen molar-refractivity contribution in [1.29, 1.82) is 0 Å². The van der Waals surface area contributed by atoms with Crippen molar-refractivity contribution in [2.45, 2.75) is 79.2 Å². The molecular formula is C34H50N4O2. The van der Waals surface area contributed by atoms with E-state index in [9.17, 15) is 4.79 Å². The number of aromatic nitrogens is 2. The van der Waals surface area contributed by atoms with Gasteiger partial charge in [-0.2, -0.15) is 0 Å². The Balaban J connectivity index is 1.73. The molecule has 0 atom stereocenters. The van der Waals surface area contributed by atoms with Gasteiger partial charge in [0.25, 0.3) is 0 Å². The van der Waals surface area contributed by atoms with Crippen molar-refractivity contribution in [3.8, 4) is 17.1 Å². The van der Waals surface area contributed by atoms with E-state index >= 15 is 0 Å². The highest BCUT2D eigenvalue weighted by Gasteiger charge is 2.35. The summed E-state index contributed by atoms with van der Waals surface area (Å²) in [6.07, 6.45) is 5.01. The van der Waals surface area contributed by atoms with Crippen LogP contribution < -0.4 is 4.74 Å². The van der Waals surface area contributed by atoms with E-state index in [1.54, 1.807) is 7.11 Å². The van der Waals surface area contributed by atoms with Crippen LogP contribution >= 0.6 is 0 Å². The van der Waals surface area contributed by atoms with Gasteiger partial charge < -0.3 is 19.1 Å². The summed E-state index contributed by atoms with van der Waals surface area (Å²) in [7, 11) is 1.72. The lowest BCUT2D eigenvalue weighted by atomic mass is 9.82. The number of amides is 1. The predicted octanol–water partition coefficient (Wildman–Crippen LogP) is 7.01. The summed E-state index contributed by atoms with van der Waals surface area (Å²) < 4.78 is 8.09. The van der Waals surface area contributed by atoms with Crippen LogP contribution in [0.4, 0.5) is 0 Å². The number of aryl methyl sites for hydroxylation is 1. The van der Waals surface area contributed by atoms with E-state index < -0.39 is 5.41 Å². The van der Waals surface area contributed by atoms with Crippen molar-refractivity contribution in [3.05, 3.63) is 48.0 Å². The fraction of sp³-hybridized carbons (Fsp3) is 0.588. The van der Waals surface area contributed by atoms with Crippen LogP contribution in [0.5, 0.6) is 5.75 Å². The Kier molecular flexibility index (Phi) is 9.94. The van der Waals surface area contributed by atoms with Gasteiger partial charge in [0.1, 0.15) is 11.6 Å². The maximum atomic E-state index is 14.0. The first-order valence-electron chi connectivity index (χ1n) is 15.3. The summed E-state index contributed by atoms with van der Waals surface area (Å²) in [6.45, 7) is 18.8. The number of hydrogen-bond acceptors (Lipinski definition) is 4. The van der Waals surface area contributed by atoms with E-state index in [1.807, 2.05) is 18.2 Å². The van der Waals surface area contributed by atoms with E-state index in [1.165, 1.54) is 32.4 Å². The van der Waals surface area contributed by atoms with Gasteiger partial charge in [0, 0.05) is 19.6 Å². The van der Waals surface area contributed by atoms with Crippen molar-refractivity contribution in [1.82, 2.24) is 19.4 Å². The number of ether oxygens (including phenoxy) is 1. The Morgan fingerprint density at radius 3 is 2.30 bits per heavy atom. The summed E-state index contributed by atoms with van der Waals surface area (Å²) in [4.78, 5) is 23.8. The Morgan fingerprint density at radius 2 is 1.65 bits per heavy atom. The fourth-order valence-electron chi connectivity index (χ4n) is 6.05. The van der Waals surface area contributed by atoms with Crippen LogP contribution in [0.25, 0.3) is 22.4 Å². The summed E-state index contributed by atoms with van der Waals surface area (Å²) in [6, 6.07) is 14.5. The average Bonchev–Trinajstić information content (AvgIpc) is 3.30. The molecule has 1 saturated heterocycles. The average molecular weight is 547 g/mol. The quantitative estimate of drug-likeness (QED) is 0.245. The summed E-state index contributed by atoms with van der Waals surface area (Å²) >= 11 is 0. The van der Waals surface area contributed by atoms with Gasteiger partial charge in [-0.25, -0.2) is 4.98 Å². The lowest BCUT2D eigenvalue weighted by Crippen LogP contribution is -2.46. The highest BCUT2D eigenvalue weighted by Crippen LogP contribution is 2.35. The molecule has 0 saturated carbocycles. The zero-order valence-corrected chi connectivity index (χ0v) is 25.9. The van der Waals surface area contributed by atoms with Crippen LogP contribution in [-0.4, -0.2) is 65.1 Å². The first kappa shape index (κ1) is 30.1. The number of nitrogens with zero attached hydrogens (tertiary/aromatic N) is 4. The molecule has 3 aromatic rings. The first-order valence-corrected chi connectivity index (χ1v) is 15.3. The molecule has 2 aromatic carbocycles. The van der Waals surface area contributed by atoms with Crippen molar-refractivity contribution >= 4 is 16.9 Å². The van der Waals surface area contributed by atoms with Crippen LogP contribution in [0.15, 0.2) is 42.5 Å². The molecule has 218 valence electrons. The zero-order valence-electron chi connectivity index (χ0n) is 25.9. The SMILES string of the molecule is COc1ccccc1-c1nc2ccc(C(C)(C)C(=O)N(CC(C)C)CC(C)C)cc2n1CCCN1CCCCC1. The first-order chi connectivity index (χ1) is 19.1. The Hall–Kier alpha value is -2.86. The second kappa shape index (κ2) is 13.2. The van der Waals surface area contributed by atoms with E-state index in [4.69, 9.17) is 9.72 Å². The number of methoxy groups -OCH3 is 1. The molecule has 40 heavy (non-hydrogen) atoms. The number of carbonyl (C=O) groups excluding carboxylic acids is 1. The minimum absolute atomic E-state index is 0.190. The molecule has 1 fully saturated rings. The summed E-state index contributed by atoms with van der Waals surface area (Å²) in [5.74, 6) is 2.78. The number of carbonyl (C=O) groups is 1. The van der Waals surface area contributed by atoms with Crippen LogP contribution in [0.1, 0.15) is 72.8 Å². The van der Waals surface area contributed by atoms with E-state index in [2.05, 4.69) is 80.2 Å². The Bertz CT molecular complexity index is 1260. The largest absolute Gasteiger partial charge is 0.496 e. The lowest BCUT2D eigenvalue weighted by molar-refractivity contribution is -0.137. The molecule has 0 spiro atoms. The highest BCUT2D eigenvalue weighted by molar-refractivity contribution is 5.90. The molecule has 0 radical (unpaired) electrons. The maximum Gasteiger partial charge on any atom is 0.232 e. The third-order valence-electron chi connectivity index (χ3n) is 8.12. The van der Waals surface area contributed by atoms with E-state index in [-0.39, 0.29) is 5.91 Å². The van der Waals surface area contributed by atoms with Gasteiger partial charge in [0.2, 0.25) is 5.91 Å². The summed E-state index contributed by atoms with van der Waals surface area (Å²) in [5, 5.41) is 0. The second-order valence-electron chi connectivity index (χ2n) is 12.9. The molecule has 0 aliphatic carbocycles. The Morgan fingerprint density at radius 1 is 0.975 bits per heavy atom. The van der Waals surface area contributed by atoms with Crippen molar-refractivity contribution in [3.63, 3.8) is 0 Å². The molecule has 1 aliphatic rings. The van der Waals surface area contributed by atoms with Crippen LogP contribution in [0, 0.1) is 11.8 Å². The molecule has 0 bridgehead atoms. The van der Waals surface area contributed by atoms with Gasteiger partial charge in [-0.15, -0.1) is 0 Å². The number of rotatable bonds is 12. The minimum Gasteiger partial charge on any atom is -0.496 e. The number of piperidine rings is 1. The molecule has 0 N–H and O–H groups in total. The van der Waals surface area contributed by atoms with Gasteiger partial charge in [-0.1, -0.05) is 52.3 Å². The number of imidazole rings is 1. The van der Waals surface area contributed by atoms with Gasteiger partial charge in [0.15, 0.2) is 0 Å². The normalized spacial score (nSPS) is 14.8. The monoisotopic (exact) mass is 546 g/mol. The number of benzene rings is 2. The smallest absolute Gasteiger partial charge is 0.232 e. The molecule has 1 aliphatic heterocycles. The van der Waals surface area contributed by atoms with E-state index in [0.29, 0.717) is 11.8 Å². The zero-order chi connectivity index (χ0) is 28.9. The van der Waals surface area contributed by atoms with Crippen molar-refractivity contribution in [2.75, 3.05) is 39.8 Å². The molecule has 6 nitrogen and oxygen atoms in total. The minimum atomic E-state index is -0.647. The third-order valence-corrected chi connectivity index (χ3v) is 8.12. The molecule has 2 heterocycles. The van der Waals surface area contributed by atoms with Gasteiger partial charge in [0.05, 0.1) is 29.1 Å². The fourth-order valence-corrected chi connectivity index (χ4v) is 6.05. The molecule has 1 amide bonds.